The van der Waals surface area contributed by atoms with E-state index in [0.717, 1.165) is 38.5 Å². The quantitative estimate of drug-likeness (QED) is 0.132. The second kappa shape index (κ2) is 12.0. The Bertz CT molecular complexity index is 1170. The third kappa shape index (κ3) is 5.48. The van der Waals surface area contributed by atoms with Gasteiger partial charge < -0.3 is 4.43 Å². The fourth-order valence-corrected chi connectivity index (χ4v) is 15.9. The molecule has 1 heterocycles. The molecular weight excluding hydrogens is 541 g/mol. The normalized spacial score (nSPS) is 28.6. The van der Waals surface area contributed by atoms with Crippen LogP contribution in [-0.2, 0) is 14.4 Å². The number of hydrogen-bond acceptors (Lipinski definition) is 5. The van der Waals surface area contributed by atoms with Crippen molar-refractivity contribution < 1.29 is 17.8 Å². The predicted molar refractivity (Wildman–Crippen MR) is 163 cm³/mol. The lowest BCUT2D eigenvalue weighted by Gasteiger charge is -2.55. The van der Waals surface area contributed by atoms with E-state index in [1.165, 1.54) is 36.3 Å². The molecule has 4 rings (SSSR count). The van der Waals surface area contributed by atoms with E-state index in [1.54, 1.807) is 4.31 Å². The van der Waals surface area contributed by atoms with Gasteiger partial charge in [-0.1, -0.05) is 60.1 Å². The maximum atomic E-state index is 13.6. The molecule has 0 radical (unpaired) electrons. The molecule has 1 spiro atoms. The molecule has 1 aliphatic heterocycles. The van der Waals surface area contributed by atoms with E-state index in [2.05, 4.69) is 54.5 Å². The summed E-state index contributed by atoms with van der Waals surface area (Å²) in [6.07, 6.45) is 9.50. The van der Waals surface area contributed by atoms with Crippen LogP contribution >= 0.6 is 0 Å². The molecule has 2 fully saturated rings. The third-order valence-corrected chi connectivity index (χ3v) is 18.5. The molecule has 4 atom stereocenters. The first-order valence-electron chi connectivity index (χ1n) is 15.4. The molecule has 0 amide bonds. The van der Waals surface area contributed by atoms with Crippen molar-refractivity contribution in [3.8, 4) is 0 Å². The van der Waals surface area contributed by atoms with E-state index in [9.17, 15) is 18.5 Å². The summed E-state index contributed by atoms with van der Waals surface area (Å²) in [6.45, 7) is 17.5. The number of rotatable bonds is 8. The topological polar surface area (TPSA) is 89.8 Å². The largest absolute Gasteiger partial charge is 0.412 e. The van der Waals surface area contributed by atoms with Crippen LogP contribution < -0.4 is 0 Å². The van der Waals surface area contributed by atoms with Crippen molar-refractivity contribution in [2.24, 2.45) is 17.3 Å². The fourth-order valence-electron chi connectivity index (χ4n) is 8.78. The maximum Gasteiger partial charge on any atom is 0.269 e. The summed E-state index contributed by atoms with van der Waals surface area (Å²) in [4.78, 5) is 10.7. The van der Waals surface area contributed by atoms with Gasteiger partial charge in [0.25, 0.3) is 5.69 Å². The number of benzene rings is 1. The number of nitro groups is 1. The molecule has 1 saturated carbocycles. The van der Waals surface area contributed by atoms with E-state index in [1.807, 2.05) is 0 Å². The first kappa shape index (κ1) is 31.4. The molecule has 9 heteroatoms. The van der Waals surface area contributed by atoms with Gasteiger partial charge in [0.2, 0.25) is 18.3 Å². The van der Waals surface area contributed by atoms with E-state index in [4.69, 9.17) is 4.43 Å². The Morgan fingerprint density at radius 1 is 1.00 bits per heavy atom. The summed E-state index contributed by atoms with van der Waals surface area (Å²) >= 11 is 0. The number of allylic oxidation sites excluding steroid dienone is 1. The molecular formula is C31H50N2O5SSi. The Balaban J connectivity index is 1.65. The lowest BCUT2D eigenvalue weighted by atomic mass is 9.58. The molecule has 4 unspecified atom stereocenters. The summed E-state index contributed by atoms with van der Waals surface area (Å²) < 4.78 is 36.5. The van der Waals surface area contributed by atoms with Crippen molar-refractivity contribution in [1.29, 1.82) is 0 Å². The van der Waals surface area contributed by atoms with Gasteiger partial charge in [0.15, 0.2) is 0 Å². The first-order chi connectivity index (χ1) is 18.8. The summed E-state index contributed by atoms with van der Waals surface area (Å²) in [5.41, 5.74) is 2.97. The highest BCUT2D eigenvalue weighted by molar-refractivity contribution is 7.89. The van der Waals surface area contributed by atoms with Gasteiger partial charge in [-0.05, 0) is 85.5 Å². The summed E-state index contributed by atoms with van der Waals surface area (Å²) in [5.74, 6) is 1.19. The lowest BCUT2D eigenvalue weighted by molar-refractivity contribution is -0.384. The van der Waals surface area contributed by atoms with Crippen molar-refractivity contribution in [1.82, 2.24) is 4.31 Å². The average Bonchev–Trinajstić information content (AvgIpc) is 3.26. The van der Waals surface area contributed by atoms with Gasteiger partial charge in [-0.2, -0.15) is 4.31 Å². The first-order valence-corrected chi connectivity index (χ1v) is 19.0. The summed E-state index contributed by atoms with van der Waals surface area (Å²) in [6, 6.07) is 5.29. The highest BCUT2D eigenvalue weighted by atomic mass is 32.2. The van der Waals surface area contributed by atoms with E-state index in [0.29, 0.717) is 41.5 Å². The van der Waals surface area contributed by atoms with Crippen LogP contribution in [0.25, 0.3) is 0 Å². The van der Waals surface area contributed by atoms with Crippen molar-refractivity contribution in [3.63, 3.8) is 0 Å². The molecule has 7 nitrogen and oxygen atoms in total. The fraction of sp³-hybridized carbons (Fsp3) is 0.742. The van der Waals surface area contributed by atoms with Crippen LogP contribution in [-0.4, -0.2) is 45.2 Å². The highest BCUT2D eigenvalue weighted by Crippen LogP contribution is 2.60. The molecule has 1 aromatic carbocycles. The number of nitro benzene ring substituents is 1. The number of nitrogens with zero attached hydrogens (tertiary/aromatic N) is 2. The molecule has 224 valence electrons. The maximum absolute atomic E-state index is 13.6. The smallest absolute Gasteiger partial charge is 0.269 e. The van der Waals surface area contributed by atoms with Gasteiger partial charge >= 0.3 is 0 Å². The Morgan fingerprint density at radius 3 is 2.17 bits per heavy atom. The van der Waals surface area contributed by atoms with E-state index >= 15 is 0 Å². The monoisotopic (exact) mass is 590 g/mol. The second-order valence-corrected chi connectivity index (χ2v) is 20.9. The number of sulfonamides is 1. The van der Waals surface area contributed by atoms with E-state index < -0.39 is 23.3 Å². The molecule has 0 N–H and O–H groups in total. The summed E-state index contributed by atoms with van der Waals surface area (Å²) in [5, 5.41) is 11.1. The minimum absolute atomic E-state index is 0.00341. The van der Waals surface area contributed by atoms with Crippen molar-refractivity contribution in [2.45, 2.75) is 121 Å². The molecule has 3 aliphatic rings. The van der Waals surface area contributed by atoms with Crippen LogP contribution in [0.1, 0.15) is 93.4 Å². The Kier molecular flexibility index (Phi) is 9.40. The average molecular weight is 591 g/mol. The minimum Gasteiger partial charge on any atom is -0.412 e. The standard InChI is InChI=1S/C31H50N2O5SSi/c1-22(2)40(23(3)4,24(5)6)38-30-21-25(7)20-27-12-11-26-10-8-18-32(19-9-17-31(26,27)30)39(36,37)29-15-13-28(14-16-29)33(34)35/h11,13-16,22-25,27,30H,8-10,12,17-21H2,1-7H3. The van der Waals surface area contributed by atoms with Gasteiger partial charge in [0, 0.05) is 30.6 Å². The van der Waals surface area contributed by atoms with Crippen LogP contribution in [0.2, 0.25) is 16.6 Å². The van der Waals surface area contributed by atoms with Gasteiger partial charge in [-0.15, -0.1) is 0 Å². The Hall–Kier alpha value is -1.55. The lowest BCUT2D eigenvalue weighted by Crippen LogP contribution is -2.57. The SMILES string of the molecule is CC1CC2CC=C3CCCN(S(=O)(=O)c4ccc([N+](=O)[O-])cc4)CCCC32C(O[Si](C(C)C)(C(C)C)C(C)C)C1. The molecule has 0 bridgehead atoms. The van der Waals surface area contributed by atoms with Gasteiger partial charge in [0.05, 0.1) is 15.9 Å². The number of hydrogen-bond donors (Lipinski definition) is 0. The molecule has 40 heavy (non-hydrogen) atoms. The van der Waals surface area contributed by atoms with Gasteiger partial charge in [-0.3, -0.25) is 10.1 Å². The van der Waals surface area contributed by atoms with Crippen molar-refractivity contribution >= 4 is 24.0 Å². The zero-order valence-electron chi connectivity index (χ0n) is 25.6. The van der Waals surface area contributed by atoms with E-state index in [-0.39, 0.29) is 22.1 Å². The third-order valence-electron chi connectivity index (χ3n) is 10.4. The van der Waals surface area contributed by atoms with Crippen LogP contribution in [0.3, 0.4) is 0 Å². The summed E-state index contributed by atoms with van der Waals surface area (Å²) in [7, 11) is -5.84. The van der Waals surface area contributed by atoms with Crippen molar-refractivity contribution in [2.75, 3.05) is 13.1 Å². The highest BCUT2D eigenvalue weighted by Gasteiger charge is 2.57. The molecule has 0 aromatic heterocycles. The van der Waals surface area contributed by atoms with Crippen LogP contribution in [0.4, 0.5) is 5.69 Å². The van der Waals surface area contributed by atoms with Gasteiger partial charge in [-0.25, -0.2) is 8.42 Å². The van der Waals surface area contributed by atoms with Crippen LogP contribution in [0.5, 0.6) is 0 Å². The Labute approximate surface area is 243 Å². The zero-order valence-corrected chi connectivity index (χ0v) is 27.4. The molecule has 1 saturated heterocycles. The van der Waals surface area contributed by atoms with Gasteiger partial charge in [0.1, 0.15) is 0 Å². The molecule has 1 aromatic rings. The number of non-ortho nitro benzene ring substituents is 1. The zero-order chi connectivity index (χ0) is 29.5. The Morgan fingerprint density at radius 2 is 1.60 bits per heavy atom. The predicted octanol–water partition coefficient (Wildman–Crippen LogP) is 8.08. The van der Waals surface area contributed by atoms with Crippen molar-refractivity contribution in [3.05, 3.63) is 46.0 Å². The van der Waals surface area contributed by atoms with Crippen LogP contribution in [0, 0.1) is 27.4 Å². The van der Waals surface area contributed by atoms with Crippen LogP contribution in [0.15, 0.2) is 40.8 Å². The molecule has 2 aliphatic carbocycles. The second-order valence-electron chi connectivity index (χ2n) is 13.6. The minimum atomic E-state index is -3.73.